The van der Waals surface area contributed by atoms with Crippen molar-refractivity contribution in [2.45, 2.75) is 25.8 Å². The average molecular weight is 409 g/mol. The summed E-state index contributed by atoms with van der Waals surface area (Å²) >= 11 is 2.06. The summed E-state index contributed by atoms with van der Waals surface area (Å²) in [5, 5.41) is 7.20. The van der Waals surface area contributed by atoms with Gasteiger partial charge in [-0.2, -0.15) is 11.8 Å². The summed E-state index contributed by atoms with van der Waals surface area (Å²) in [6, 6.07) is 14.1. The zero-order chi connectivity index (χ0) is 19.8. The molecule has 5 heteroatoms. The van der Waals surface area contributed by atoms with Crippen molar-refractivity contribution in [1.29, 1.82) is 0 Å². The van der Waals surface area contributed by atoms with Gasteiger partial charge in [-0.05, 0) is 34.9 Å². The molecule has 3 aliphatic rings. The number of benzene rings is 2. The van der Waals surface area contributed by atoms with Crippen LogP contribution in [0.2, 0.25) is 0 Å². The van der Waals surface area contributed by atoms with Gasteiger partial charge >= 0.3 is 0 Å². The molecule has 0 spiro atoms. The Morgan fingerprint density at radius 3 is 2.48 bits per heavy atom. The van der Waals surface area contributed by atoms with E-state index in [9.17, 15) is 0 Å². The third-order valence-electron chi connectivity index (χ3n) is 6.70. The van der Waals surface area contributed by atoms with Crippen LogP contribution >= 0.6 is 11.8 Å². The van der Waals surface area contributed by atoms with Gasteiger partial charge in [0.15, 0.2) is 0 Å². The van der Waals surface area contributed by atoms with Gasteiger partial charge in [0.25, 0.3) is 0 Å². The number of hydrogen-bond acceptors (Lipinski definition) is 5. The number of nitrogens with zero attached hydrogens (tertiary/aromatic N) is 2. The van der Waals surface area contributed by atoms with Crippen molar-refractivity contribution in [2.75, 3.05) is 61.0 Å². The van der Waals surface area contributed by atoms with Crippen LogP contribution in [0.15, 0.2) is 36.4 Å². The second-order valence-corrected chi connectivity index (χ2v) is 10.2. The van der Waals surface area contributed by atoms with Crippen LogP contribution in [0.3, 0.4) is 0 Å². The largest absolute Gasteiger partial charge is 0.370 e. The molecule has 0 amide bonds. The van der Waals surface area contributed by atoms with E-state index in [4.69, 9.17) is 0 Å². The third kappa shape index (κ3) is 3.76. The summed E-state index contributed by atoms with van der Waals surface area (Å²) < 4.78 is 0. The number of nitrogens with one attached hydrogen (secondary N) is 2. The number of hydrogen-bond donors (Lipinski definition) is 2. The monoisotopic (exact) mass is 408 g/mol. The average Bonchev–Trinajstić information content (AvgIpc) is 2.75. The van der Waals surface area contributed by atoms with Gasteiger partial charge in [0.2, 0.25) is 0 Å². The lowest BCUT2D eigenvalue weighted by atomic mass is 9.74. The predicted octanol–water partition coefficient (Wildman–Crippen LogP) is 4.03. The van der Waals surface area contributed by atoms with Crippen LogP contribution in [0, 0.1) is 0 Å². The van der Waals surface area contributed by atoms with Crippen molar-refractivity contribution >= 4 is 28.8 Å². The van der Waals surface area contributed by atoms with E-state index < -0.39 is 0 Å². The van der Waals surface area contributed by atoms with Crippen molar-refractivity contribution in [3.63, 3.8) is 0 Å². The number of fused-ring (bicyclic) bond motifs is 2. The van der Waals surface area contributed by atoms with Crippen molar-refractivity contribution in [1.82, 2.24) is 10.2 Å². The number of anilines is 3. The molecule has 0 aromatic heterocycles. The van der Waals surface area contributed by atoms with Gasteiger partial charge < -0.3 is 15.5 Å². The van der Waals surface area contributed by atoms with Gasteiger partial charge in [-0.25, -0.2) is 0 Å². The smallest absolute Gasteiger partial charge is 0.0446 e. The first kappa shape index (κ1) is 19.3. The van der Waals surface area contributed by atoms with Crippen molar-refractivity contribution in [2.24, 2.45) is 0 Å². The molecule has 3 aliphatic heterocycles. The fourth-order valence-corrected chi connectivity index (χ4v) is 5.84. The lowest BCUT2D eigenvalue weighted by Gasteiger charge is -2.38. The lowest BCUT2D eigenvalue weighted by molar-refractivity contribution is 0.233. The molecule has 2 fully saturated rings. The molecule has 5 rings (SSSR count). The first-order chi connectivity index (χ1) is 14.1. The lowest BCUT2D eigenvalue weighted by Crippen LogP contribution is -2.42. The summed E-state index contributed by atoms with van der Waals surface area (Å²) in [5.41, 5.74) is 8.13. The molecule has 154 valence electrons. The van der Waals surface area contributed by atoms with Crippen LogP contribution in [0.5, 0.6) is 0 Å². The molecule has 4 nitrogen and oxygen atoms in total. The Kier molecular flexibility index (Phi) is 5.23. The quantitative estimate of drug-likeness (QED) is 0.801. The summed E-state index contributed by atoms with van der Waals surface area (Å²) in [4.78, 5) is 5.08. The topological polar surface area (TPSA) is 30.5 Å². The first-order valence-corrected chi connectivity index (χ1v) is 12.1. The molecule has 29 heavy (non-hydrogen) atoms. The van der Waals surface area contributed by atoms with Gasteiger partial charge in [0.1, 0.15) is 0 Å². The minimum atomic E-state index is 0.00562. The standard InChI is InChI=1S/C24H32N4S/c1-24(2)20-5-4-19(28-11-13-29-14-12-28)16-23(20)26-22-6-3-18(15-21(22)24)17-27-9-7-25-8-10-27/h3-6,15-16,25-26H,7-14,17H2,1-2H3. The highest BCUT2D eigenvalue weighted by Gasteiger charge is 2.33. The molecule has 0 aliphatic carbocycles. The maximum Gasteiger partial charge on any atom is 0.0446 e. The van der Waals surface area contributed by atoms with E-state index in [1.165, 1.54) is 45.3 Å². The molecule has 0 atom stereocenters. The highest BCUT2D eigenvalue weighted by Crippen LogP contribution is 2.46. The zero-order valence-electron chi connectivity index (χ0n) is 17.6. The van der Waals surface area contributed by atoms with E-state index >= 15 is 0 Å². The Bertz CT molecular complexity index is 882. The van der Waals surface area contributed by atoms with Gasteiger partial charge in [0, 0.05) is 79.8 Å². The molecule has 0 bridgehead atoms. The summed E-state index contributed by atoms with van der Waals surface area (Å²) in [6.45, 7) is 12.6. The Hall–Kier alpha value is -1.69. The van der Waals surface area contributed by atoms with Crippen molar-refractivity contribution in [3.05, 3.63) is 53.1 Å². The van der Waals surface area contributed by atoms with E-state index in [2.05, 4.69) is 82.4 Å². The number of piperazine rings is 1. The van der Waals surface area contributed by atoms with E-state index in [1.54, 1.807) is 0 Å². The first-order valence-electron chi connectivity index (χ1n) is 10.9. The third-order valence-corrected chi connectivity index (χ3v) is 7.64. The summed E-state index contributed by atoms with van der Waals surface area (Å²) in [7, 11) is 0. The summed E-state index contributed by atoms with van der Waals surface area (Å²) in [6.07, 6.45) is 0. The van der Waals surface area contributed by atoms with E-state index in [0.29, 0.717) is 0 Å². The van der Waals surface area contributed by atoms with Crippen LogP contribution in [-0.4, -0.2) is 55.7 Å². The number of rotatable bonds is 3. The van der Waals surface area contributed by atoms with Crippen molar-refractivity contribution in [3.8, 4) is 0 Å². The van der Waals surface area contributed by atoms with Crippen LogP contribution in [0.25, 0.3) is 0 Å². The van der Waals surface area contributed by atoms with E-state index in [-0.39, 0.29) is 5.41 Å². The van der Waals surface area contributed by atoms with Gasteiger partial charge in [-0.1, -0.05) is 32.0 Å². The molecular weight excluding hydrogens is 376 g/mol. The second kappa shape index (κ2) is 7.86. The highest BCUT2D eigenvalue weighted by molar-refractivity contribution is 7.99. The minimum Gasteiger partial charge on any atom is -0.370 e. The molecule has 2 saturated heterocycles. The van der Waals surface area contributed by atoms with Crippen LogP contribution in [0.1, 0.15) is 30.5 Å². The molecule has 3 heterocycles. The van der Waals surface area contributed by atoms with E-state index in [1.807, 2.05) is 0 Å². The molecule has 2 N–H and O–H groups in total. The van der Waals surface area contributed by atoms with E-state index in [0.717, 1.165) is 45.8 Å². The Morgan fingerprint density at radius 2 is 1.69 bits per heavy atom. The van der Waals surface area contributed by atoms with Crippen LogP contribution in [0.4, 0.5) is 17.1 Å². The number of thioether (sulfide) groups is 1. The Morgan fingerprint density at radius 1 is 0.897 bits per heavy atom. The Labute approximate surface area is 179 Å². The Balaban J connectivity index is 1.43. The fourth-order valence-electron chi connectivity index (χ4n) is 4.93. The minimum absolute atomic E-state index is 0.00562. The maximum absolute atomic E-state index is 3.75. The van der Waals surface area contributed by atoms with Gasteiger partial charge in [-0.3, -0.25) is 4.90 Å². The molecule has 0 unspecified atom stereocenters. The molecule has 0 saturated carbocycles. The maximum atomic E-state index is 3.75. The molecule has 2 aromatic carbocycles. The van der Waals surface area contributed by atoms with Crippen LogP contribution < -0.4 is 15.5 Å². The fraction of sp³-hybridized carbons (Fsp3) is 0.500. The van der Waals surface area contributed by atoms with Crippen LogP contribution in [-0.2, 0) is 12.0 Å². The normalized spacial score (nSPS) is 21.2. The molecular formula is C24H32N4S. The van der Waals surface area contributed by atoms with Gasteiger partial charge in [-0.15, -0.1) is 0 Å². The molecule has 0 radical (unpaired) electrons. The molecule has 2 aromatic rings. The zero-order valence-corrected chi connectivity index (χ0v) is 18.4. The van der Waals surface area contributed by atoms with Crippen molar-refractivity contribution < 1.29 is 0 Å². The second-order valence-electron chi connectivity index (χ2n) is 8.99. The predicted molar refractivity (Wildman–Crippen MR) is 126 cm³/mol. The SMILES string of the molecule is CC1(C)c2ccc(N3CCSCC3)cc2Nc2ccc(CN3CCNCC3)cc21. The highest BCUT2D eigenvalue weighted by atomic mass is 32.2. The summed E-state index contributed by atoms with van der Waals surface area (Å²) in [5.74, 6) is 2.46. The van der Waals surface area contributed by atoms with Gasteiger partial charge in [0.05, 0.1) is 0 Å².